The van der Waals surface area contributed by atoms with E-state index in [4.69, 9.17) is 0 Å². The van der Waals surface area contributed by atoms with Crippen molar-refractivity contribution in [3.63, 3.8) is 0 Å². The van der Waals surface area contributed by atoms with Crippen LogP contribution in [0, 0.1) is 6.92 Å². The van der Waals surface area contributed by atoms with Gasteiger partial charge in [0.25, 0.3) is 11.8 Å². The molecule has 10 heteroatoms. The minimum absolute atomic E-state index is 0.0638. The van der Waals surface area contributed by atoms with Crippen molar-refractivity contribution in [2.45, 2.75) is 25.8 Å². The zero-order valence-electron chi connectivity index (χ0n) is 19.2. The molecule has 3 N–H and O–H groups in total. The summed E-state index contributed by atoms with van der Waals surface area (Å²) < 4.78 is 0. The van der Waals surface area contributed by atoms with Crippen molar-refractivity contribution < 1.29 is 19.2 Å². The number of amides is 4. The highest BCUT2D eigenvalue weighted by molar-refractivity contribution is 6.25. The van der Waals surface area contributed by atoms with E-state index in [1.807, 2.05) is 31.2 Å². The number of anilines is 2. The SMILES string of the molecule is Cc1cc(-c2cc3[nH]ncc3cc2Nc2cccc3c2C(=O)N([C@H]2CCC(=O)NC2=O)C3=O)ccn1. The van der Waals surface area contributed by atoms with Crippen molar-refractivity contribution in [1.82, 2.24) is 25.4 Å². The lowest BCUT2D eigenvalue weighted by atomic mass is 10.0. The number of benzene rings is 2. The Morgan fingerprint density at radius 1 is 1.00 bits per heavy atom. The molecule has 1 atom stereocenters. The number of carbonyl (C=O) groups excluding carboxylic acids is 4. The zero-order chi connectivity index (χ0) is 25.0. The number of rotatable bonds is 4. The number of nitrogens with one attached hydrogen (secondary N) is 3. The molecule has 6 rings (SSSR count). The fraction of sp³-hybridized carbons (Fsp3) is 0.154. The van der Waals surface area contributed by atoms with Crippen LogP contribution in [0.4, 0.5) is 11.4 Å². The molecule has 2 aliphatic heterocycles. The minimum Gasteiger partial charge on any atom is -0.354 e. The van der Waals surface area contributed by atoms with Crippen LogP contribution in [0.5, 0.6) is 0 Å². The summed E-state index contributed by atoms with van der Waals surface area (Å²) in [7, 11) is 0. The molecule has 0 bridgehead atoms. The van der Waals surface area contributed by atoms with Crippen molar-refractivity contribution in [2.24, 2.45) is 0 Å². The standard InChI is InChI=1S/C26H20N6O4/c1-13-9-14(7-8-27-13)17-11-19-15(12-28-31-19)10-20(17)29-18-4-2-3-16-23(18)26(36)32(25(16)35)21-5-6-22(33)30-24(21)34/h2-4,7-12,21,29H,5-6H2,1H3,(H,28,31)(H,30,33,34)/t21-/m0/s1. The molecule has 2 aromatic carbocycles. The highest BCUT2D eigenvalue weighted by Crippen LogP contribution is 2.38. The molecule has 0 spiro atoms. The molecule has 0 aliphatic carbocycles. The monoisotopic (exact) mass is 480 g/mol. The first kappa shape index (κ1) is 21.7. The summed E-state index contributed by atoms with van der Waals surface area (Å²) in [4.78, 5) is 55.9. The summed E-state index contributed by atoms with van der Waals surface area (Å²) in [5.74, 6) is -2.18. The second kappa shape index (κ2) is 8.12. The number of pyridine rings is 1. The van der Waals surface area contributed by atoms with Crippen LogP contribution in [-0.2, 0) is 9.59 Å². The number of H-pyrrole nitrogens is 1. The maximum absolute atomic E-state index is 13.5. The summed E-state index contributed by atoms with van der Waals surface area (Å²) in [6, 6.07) is 11.7. The van der Waals surface area contributed by atoms with Gasteiger partial charge in [0.1, 0.15) is 6.04 Å². The van der Waals surface area contributed by atoms with Gasteiger partial charge in [-0.2, -0.15) is 5.10 Å². The summed E-state index contributed by atoms with van der Waals surface area (Å²) >= 11 is 0. The second-order valence-electron chi connectivity index (χ2n) is 8.84. The fourth-order valence-corrected chi connectivity index (χ4v) is 4.81. The Morgan fingerprint density at radius 2 is 1.86 bits per heavy atom. The van der Waals surface area contributed by atoms with Gasteiger partial charge in [-0.05, 0) is 55.3 Å². The molecule has 4 amide bonds. The smallest absolute Gasteiger partial charge is 0.264 e. The van der Waals surface area contributed by atoms with Crippen LogP contribution in [0.15, 0.2) is 54.9 Å². The van der Waals surface area contributed by atoms with Gasteiger partial charge in [0, 0.05) is 34.9 Å². The Hall–Kier alpha value is -4.86. The third kappa shape index (κ3) is 3.42. The second-order valence-corrected chi connectivity index (χ2v) is 8.84. The lowest BCUT2D eigenvalue weighted by Crippen LogP contribution is -2.54. The van der Waals surface area contributed by atoms with Gasteiger partial charge in [-0.25, -0.2) is 0 Å². The topological polar surface area (TPSA) is 137 Å². The molecular formula is C26H20N6O4. The lowest BCUT2D eigenvalue weighted by Gasteiger charge is -2.27. The third-order valence-electron chi connectivity index (χ3n) is 6.52. The van der Waals surface area contributed by atoms with Crippen molar-refractivity contribution >= 4 is 45.9 Å². The van der Waals surface area contributed by atoms with Crippen molar-refractivity contribution in [2.75, 3.05) is 5.32 Å². The predicted molar refractivity (Wildman–Crippen MR) is 130 cm³/mol. The average Bonchev–Trinajstić information content (AvgIpc) is 3.41. The number of aryl methyl sites for hydroxylation is 1. The van der Waals surface area contributed by atoms with Crippen LogP contribution in [-0.4, -0.2) is 49.8 Å². The van der Waals surface area contributed by atoms with E-state index in [0.29, 0.717) is 11.4 Å². The lowest BCUT2D eigenvalue weighted by molar-refractivity contribution is -0.136. The Morgan fingerprint density at radius 3 is 2.67 bits per heavy atom. The summed E-state index contributed by atoms with van der Waals surface area (Å²) in [6.45, 7) is 1.91. The quantitative estimate of drug-likeness (QED) is 0.382. The number of piperidine rings is 1. The van der Waals surface area contributed by atoms with E-state index < -0.39 is 29.7 Å². The van der Waals surface area contributed by atoms with Gasteiger partial charge in [-0.1, -0.05) is 6.07 Å². The first-order valence-corrected chi connectivity index (χ1v) is 11.4. The van der Waals surface area contributed by atoms with Gasteiger partial charge in [0.15, 0.2) is 0 Å². The highest BCUT2D eigenvalue weighted by atomic mass is 16.2. The third-order valence-corrected chi connectivity index (χ3v) is 6.52. The fourth-order valence-electron chi connectivity index (χ4n) is 4.81. The molecule has 36 heavy (non-hydrogen) atoms. The van der Waals surface area contributed by atoms with Gasteiger partial charge in [0.05, 0.1) is 28.5 Å². The molecule has 2 aliphatic rings. The van der Waals surface area contributed by atoms with Crippen LogP contribution in [0.2, 0.25) is 0 Å². The van der Waals surface area contributed by atoms with Gasteiger partial charge < -0.3 is 5.32 Å². The Kier molecular flexibility index (Phi) is 4.89. The number of aromatic amines is 1. The molecule has 1 fully saturated rings. The Labute approximate surface area is 204 Å². The van der Waals surface area contributed by atoms with Crippen molar-refractivity contribution in [3.05, 3.63) is 71.7 Å². The number of carbonyl (C=O) groups is 4. The molecule has 1 saturated heterocycles. The molecule has 0 saturated carbocycles. The highest BCUT2D eigenvalue weighted by Gasteiger charge is 2.45. The van der Waals surface area contributed by atoms with Gasteiger partial charge >= 0.3 is 0 Å². The van der Waals surface area contributed by atoms with Crippen LogP contribution in [0.3, 0.4) is 0 Å². The average molecular weight is 480 g/mol. The number of imide groups is 2. The van der Waals surface area contributed by atoms with Crippen molar-refractivity contribution in [1.29, 1.82) is 0 Å². The Bertz CT molecular complexity index is 1610. The molecule has 0 unspecified atom stereocenters. The molecule has 0 radical (unpaired) electrons. The summed E-state index contributed by atoms with van der Waals surface area (Å²) in [5, 5.41) is 13.5. The molecule has 4 aromatic rings. The number of hydrogen-bond acceptors (Lipinski definition) is 7. The van der Waals surface area contributed by atoms with Gasteiger partial charge in [-0.3, -0.25) is 39.5 Å². The minimum atomic E-state index is -1.03. The van der Waals surface area contributed by atoms with E-state index in [9.17, 15) is 19.2 Å². The number of nitrogens with zero attached hydrogens (tertiary/aromatic N) is 3. The summed E-state index contributed by atoms with van der Waals surface area (Å²) in [6.07, 6.45) is 3.60. The van der Waals surface area contributed by atoms with E-state index in [0.717, 1.165) is 32.6 Å². The van der Waals surface area contributed by atoms with E-state index in [1.165, 1.54) is 0 Å². The molecule has 4 heterocycles. The van der Waals surface area contributed by atoms with Crippen molar-refractivity contribution in [3.8, 4) is 11.1 Å². The first-order valence-electron chi connectivity index (χ1n) is 11.4. The van der Waals surface area contributed by atoms with E-state index >= 15 is 0 Å². The zero-order valence-corrected chi connectivity index (χ0v) is 19.2. The number of fused-ring (bicyclic) bond motifs is 2. The van der Waals surface area contributed by atoms with Gasteiger partial charge in [-0.15, -0.1) is 0 Å². The van der Waals surface area contributed by atoms with E-state index in [1.54, 1.807) is 30.6 Å². The largest absolute Gasteiger partial charge is 0.354 e. The van der Waals surface area contributed by atoms with E-state index in [2.05, 4.69) is 25.8 Å². The predicted octanol–water partition coefficient (Wildman–Crippen LogP) is 3.08. The maximum Gasteiger partial charge on any atom is 0.264 e. The molecule has 2 aromatic heterocycles. The number of aromatic nitrogens is 3. The maximum atomic E-state index is 13.5. The summed E-state index contributed by atoms with van der Waals surface area (Å²) in [5.41, 5.74) is 5.02. The van der Waals surface area contributed by atoms with Crippen LogP contribution in [0.25, 0.3) is 22.0 Å². The van der Waals surface area contributed by atoms with E-state index in [-0.39, 0.29) is 24.0 Å². The molecule has 10 nitrogen and oxygen atoms in total. The number of hydrogen-bond donors (Lipinski definition) is 3. The normalized spacial score (nSPS) is 17.5. The van der Waals surface area contributed by atoms with Gasteiger partial charge in [0.2, 0.25) is 11.8 Å². The van der Waals surface area contributed by atoms with Crippen LogP contribution >= 0.6 is 0 Å². The van der Waals surface area contributed by atoms with Crippen LogP contribution < -0.4 is 10.6 Å². The molecular weight excluding hydrogens is 460 g/mol. The van der Waals surface area contributed by atoms with Crippen LogP contribution in [0.1, 0.15) is 39.3 Å². The Balaban J connectivity index is 1.43. The molecule has 178 valence electrons. The first-order chi connectivity index (χ1) is 17.4.